The number of anilines is 1. The summed E-state index contributed by atoms with van der Waals surface area (Å²) in [6.45, 7) is 1.79. The fourth-order valence-electron chi connectivity index (χ4n) is 3.63. The van der Waals surface area contributed by atoms with Crippen LogP contribution in [-0.2, 0) is 12.8 Å². The molecule has 2 aliphatic carbocycles. The first-order chi connectivity index (χ1) is 12.8. The minimum Gasteiger partial charge on any atom is -0.370 e. The summed E-state index contributed by atoms with van der Waals surface area (Å²) in [5, 5.41) is 10.7. The van der Waals surface area contributed by atoms with Gasteiger partial charge in [0.15, 0.2) is 5.11 Å². The third-order valence-electron chi connectivity index (χ3n) is 5.02. The Balaban J connectivity index is 1.28. The maximum atomic E-state index is 5.48. The summed E-state index contributed by atoms with van der Waals surface area (Å²) in [7, 11) is 0. The number of pyridine rings is 1. The lowest BCUT2D eigenvalue weighted by atomic mass is 9.83. The van der Waals surface area contributed by atoms with Crippen molar-refractivity contribution in [3.05, 3.63) is 71.6 Å². The average Bonchev–Trinajstić information content (AvgIpc) is 2.68. The van der Waals surface area contributed by atoms with Crippen molar-refractivity contribution < 1.29 is 0 Å². The van der Waals surface area contributed by atoms with Crippen LogP contribution < -0.4 is 16.0 Å². The molecule has 0 bridgehead atoms. The molecule has 134 valence electrons. The molecule has 5 heteroatoms. The lowest BCUT2D eigenvalue weighted by Gasteiger charge is -2.28. The van der Waals surface area contributed by atoms with Gasteiger partial charge in [-0.15, -0.1) is 0 Å². The maximum Gasteiger partial charge on any atom is 0.170 e. The summed E-state index contributed by atoms with van der Waals surface area (Å²) in [6.07, 6.45) is 18.2. The van der Waals surface area contributed by atoms with Gasteiger partial charge in [-0.2, -0.15) is 0 Å². The number of allylic oxidation sites excluding steroid dienone is 7. The standard InChI is InChI=1S/C21H24N4S/c26-21(25-19-9-3-6-15-5-1-2-8-18(15)19)23-14-12-17-11-10-16-7-4-13-22-20(16)24-17/h1-3,5-6,8-11,15,18H,4,7,12-14H2,(H,22,24)(H2,23,25,26). The molecule has 1 aliphatic heterocycles. The molecular formula is C21H24N4S. The molecule has 0 spiro atoms. The number of nitrogens with zero attached hydrogens (tertiary/aromatic N) is 1. The zero-order chi connectivity index (χ0) is 17.8. The Kier molecular flexibility index (Phi) is 5.16. The van der Waals surface area contributed by atoms with Gasteiger partial charge in [-0.3, -0.25) is 0 Å². The molecule has 0 radical (unpaired) electrons. The van der Waals surface area contributed by atoms with E-state index in [1.54, 1.807) is 0 Å². The monoisotopic (exact) mass is 364 g/mol. The molecule has 26 heavy (non-hydrogen) atoms. The van der Waals surface area contributed by atoms with Crippen molar-refractivity contribution in [1.82, 2.24) is 15.6 Å². The van der Waals surface area contributed by atoms with Crippen LogP contribution in [0.4, 0.5) is 5.82 Å². The number of thiocarbonyl (C=S) groups is 1. The van der Waals surface area contributed by atoms with Gasteiger partial charge in [0.25, 0.3) is 0 Å². The number of fused-ring (bicyclic) bond motifs is 2. The third kappa shape index (κ3) is 3.88. The van der Waals surface area contributed by atoms with Crippen LogP contribution in [0, 0.1) is 11.8 Å². The molecule has 4 nitrogen and oxygen atoms in total. The predicted octanol–water partition coefficient (Wildman–Crippen LogP) is 3.26. The summed E-state index contributed by atoms with van der Waals surface area (Å²) in [5.74, 6) is 1.82. The van der Waals surface area contributed by atoms with Gasteiger partial charge in [-0.05, 0) is 42.8 Å². The summed E-state index contributed by atoms with van der Waals surface area (Å²) in [4.78, 5) is 4.73. The fourth-order valence-corrected chi connectivity index (χ4v) is 3.85. The molecule has 0 fully saturated rings. The third-order valence-corrected chi connectivity index (χ3v) is 5.27. The molecule has 2 heterocycles. The second kappa shape index (κ2) is 7.87. The minimum absolute atomic E-state index is 0.345. The quantitative estimate of drug-likeness (QED) is 0.716. The van der Waals surface area contributed by atoms with Crippen LogP contribution in [0.15, 0.2) is 60.4 Å². The normalized spacial score (nSPS) is 22.7. The Morgan fingerprint density at radius 3 is 3.04 bits per heavy atom. The van der Waals surface area contributed by atoms with Gasteiger partial charge in [0.05, 0.1) is 0 Å². The number of aryl methyl sites for hydroxylation is 1. The number of hydrogen-bond donors (Lipinski definition) is 3. The second-order valence-electron chi connectivity index (χ2n) is 6.85. The average molecular weight is 365 g/mol. The van der Waals surface area contributed by atoms with E-state index in [-0.39, 0.29) is 0 Å². The van der Waals surface area contributed by atoms with Gasteiger partial charge in [0, 0.05) is 42.7 Å². The molecule has 0 saturated heterocycles. The smallest absolute Gasteiger partial charge is 0.170 e. The minimum atomic E-state index is 0.345. The maximum absolute atomic E-state index is 5.48. The van der Waals surface area contributed by atoms with Crippen LogP contribution >= 0.6 is 12.2 Å². The first-order valence-electron chi connectivity index (χ1n) is 9.30. The lowest BCUT2D eigenvalue weighted by molar-refractivity contribution is 0.599. The second-order valence-corrected chi connectivity index (χ2v) is 7.26. The number of aromatic nitrogens is 1. The molecule has 0 aromatic carbocycles. The largest absolute Gasteiger partial charge is 0.370 e. The molecule has 0 saturated carbocycles. The molecule has 2 atom stereocenters. The van der Waals surface area contributed by atoms with Crippen molar-refractivity contribution in [3.63, 3.8) is 0 Å². The van der Waals surface area contributed by atoms with E-state index in [9.17, 15) is 0 Å². The van der Waals surface area contributed by atoms with Crippen molar-refractivity contribution in [3.8, 4) is 0 Å². The van der Waals surface area contributed by atoms with Crippen LogP contribution in [0.3, 0.4) is 0 Å². The van der Waals surface area contributed by atoms with Gasteiger partial charge < -0.3 is 16.0 Å². The topological polar surface area (TPSA) is 49.0 Å². The van der Waals surface area contributed by atoms with E-state index >= 15 is 0 Å². The van der Waals surface area contributed by atoms with E-state index in [1.807, 2.05) is 0 Å². The Bertz CT molecular complexity index is 806. The van der Waals surface area contributed by atoms with Gasteiger partial charge in [0.2, 0.25) is 0 Å². The molecule has 4 rings (SSSR count). The zero-order valence-electron chi connectivity index (χ0n) is 14.7. The Morgan fingerprint density at radius 1 is 1.19 bits per heavy atom. The molecule has 3 aliphatic rings. The first kappa shape index (κ1) is 17.0. The summed E-state index contributed by atoms with van der Waals surface area (Å²) < 4.78 is 0. The fraction of sp³-hybridized carbons (Fsp3) is 0.333. The zero-order valence-corrected chi connectivity index (χ0v) is 15.6. The molecule has 2 unspecified atom stereocenters. The summed E-state index contributed by atoms with van der Waals surface area (Å²) in [5.41, 5.74) is 3.56. The van der Waals surface area contributed by atoms with Gasteiger partial charge in [-0.25, -0.2) is 4.98 Å². The lowest BCUT2D eigenvalue weighted by Crippen LogP contribution is -2.39. The Labute approximate surface area is 160 Å². The molecule has 1 aromatic rings. The van der Waals surface area contributed by atoms with E-state index in [4.69, 9.17) is 17.2 Å². The first-order valence-corrected chi connectivity index (χ1v) is 9.71. The molecule has 0 amide bonds. The van der Waals surface area contributed by atoms with Crippen LogP contribution in [0.1, 0.15) is 17.7 Å². The number of rotatable bonds is 4. The van der Waals surface area contributed by atoms with Crippen molar-refractivity contribution in [2.45, 2.75) is 19.3 Å². The van der Waals surface area contributed by atoms with Crippen LogP contribution in [0.25, 0.3) is 0 Å². The van der Waals surface area contributed by atoms with Crippen LogP contribution in [0.5, 0.6) is 0 Å². The van der Waals surface area contributed by atoms with Crippen molar-refractivity contribution in [1.29, 1.82) is 0 Å². The van der Waals surface area contributed by atoms with Crippen LogP contribution in [-0.4, -0.2) is 23.2 Å². The number of hydrogen-bond acceptors (Lipinski definition) is 3. The van der Waals surface area contributed by atoms with Crippen LogP contribution in [0.2, 0.25) is 0 Å². The van der Waals surface area contributed by atoms with Gasteiger partial charge in [0.1, 0.15) is 5.82 Å². The highest BCUT2D eigenvalue weighted by molar-refractivity contribution is 7.80. The highest BCUT2D eigenvalue weighted by Gasteiger charge is 2.23. The van der Waals surface area contributed by atoms with Crippen molar-refractivity contribution in [2.75, 3.05) is 18.4 Å². The van der Waals surface area contributed by atoms with E-state index in [0.29, 0.717) is 16.9 Å². The molecule has 3 N–H and O–H groups in total. The SMILES string of the molecule is S=C(NCCc1ccc2c(n1)NCCC2)NC1=CC=CC2C=CC=CC12. The summed E-state index contributed by atoms with van der Waals surface area (Å²) in [6, 6.07) is 4.32. The number of nitrogens with one attached hydrogen (secondary N) is 3. The van der Waals surface area contributed by atoms with E-state index in [0.717, 1.165) is 43.1 Å². The highest BCUT2D eigenvalue weighted by Crippen LogP contribution is 2.29. The van der Waals surface area contributed by atoms with Gasteiger partial charge >= 0.3 is 0 Å². The van der Waals surface area contributed by atoms with E-state index in [2.05, 4.69) is 70.6 Å². The van der Waals surface area contributed by atoms with Crippen molar-refractivity contribution in [2.24, 2.45) is 11.8 Å². The Hall–Kier alpha value is -2.40. The van der Waals surface area contributed by atoms with E-state index in [1.165, 1.54) is 12.0 Å². The highest BCUT2D eigenvalue weighted by atomic mass is 32.1. The summed E-state index contributed by atoms with van der Waals surface area (Å²) >= 11 is 5.48. The van der Waals surface area contributed by atoms with E-state index < -0.39 is 0 Å². The van der Waals surface area contributed by atoms with Crippen molar-refractivity contribution >= 4 is 23.1 Å². The predicted molar refractivity (Wildman–Crippen MR) is 111 cm³/mol. The molecule has 1 aromatic heterocycles. The molecular weight excluding hydrogens is 340 g/mol. The Morgan fingerprint density at radius 2 is 2.08 bits per heavy atom. The van der Waals surface area contributed by atoms with Gasteiger partial charge in [-0.1, -0.05) is 42.5 Å².